The molecule has 0 radical (unpaired) electrons. The standard InChI is InChI=1S/C27H26N6O2/c1-4-35-18(2)33-16-22(15-29-33)19-7-9-23(10-8-19)30-26-11-12-28-27(31-26)21-6-5-20-13-24(17-34)32(3)25(20)14-21/h5-18H,4H2,1-3H3,(H,28,30,31). The molecular formula is C27H26N6O2. The summed E-state index contributed by atoms with van der Waals surface area (Å²) in [6.45, 7) is 4.59. The topological polar surface area (TPSA) is 86.9 Å². The van der Waals surface area contributed by atoms with Gasteiger partial charge in [-0.2, -0.15) is 5.10 Å². The van der Waals surface area contributed by atoms with E-state index in [1.807, 2.05) is 97.1 Å². The molecule has 35 heavy (non-hydrogen) atoms. The van der Waals surface area contributed by atoms with Crippen molar-refractivity contribution in [1.29, 1.82) is 0 Å². The number of nitrogens with zero attached hydrogens (tertiary/aromatic N) is 5. The van der Waals surface area contributed by atoms with Gasteiger partial charge in [0.2, 0.25) is 0 Å². The zero-order valence-electron chi connectivity index (χ0n) is 19.8. The van der Waals surface area contributed by atoms with Gasteiger partial charge in [-0.1, -0.05) is 24.3 Å². The molecule has 0 aliphatic rings. The Morgan fingerprint density at radius 2 is 1.86 bits per heavy atom. The predicted octanol–water partition coefficient (Wildman–Crippen LogP) is 5.61. The molecule has 0 saturated heterocycles. The summed E-state index contributed by atoms with van der Waals surface area (Å²) in [5, 5.41) is 8.77. The molecule has 1 N–H and O–H groups in total. The van der Waals surface area contributed by atoms with Crippen LogP contribution < -0.4 is 5.32 Å². The molecule has 176 valence electrons. The Morgan fingerprint density at radius 1 is 1.06 bits per heavy atom. The lowest BCUT2D eigenvalue weighted by atomic mass is 10.1. The summed E-state index contributed by atoms with van der Waals surface area (Å²) in [6, 6.07) is 17.8. The highest BCUT2D eigenvalue weighted by Gasteiger charge is 2.10. The lowest BCUT2D eigenvalue weighted by Crippen LogP contribution is -2.09. The van der Waals surface area contributed by atoms with Crippen LogP contribution in [0.1, 0.15) is 30.6 Å². The van der Waals surface area contributed by atoms with Gasteiger partial charge >= 0.3 is 0 Å². The van der Waals surface area contributed by atoms with Crippen molar-refractivity contribution in [2.45, 2.75) is 20.1 Å². The fourth-order valence-electron chi connectivity index (χ4n) is 4.07. The van der Waals surface area contributed by atoms with Crippen LogP contribution >= 0.6 is 0 Å². The number of nitrogens with one attached hydrogen (secondary N) is 1. The third-order valence-electron chi connectivity index (χ3n) is 5.99. The Balaban J connectivity index is 1.34. The van der Waals surface area contributed by atoms with Crippen LogP contribution in [0.4, 0.5) is 11.5 Å². The average Bonchev–Trinajstić information content (AvgIpc) is 3.50. The van der Waals surface area contributed by atoms with Crippen LogP contribution in [0.5, 0.6) is 0 Å². The molecule has 2 aromatic carbocycles. The molecule has 8 heteroatoms. The number of ether oxygens (including phenoxy) is 1. The van der Waals surface area contributed by atoms with Gasteiger partial charge in [-0.05, 0) is 49.7 Å². The van der Waals surface area contributed by atoms with E-state index < -0.39 is 0 Å². The normalized spacial score (nSPS) is 12.1. The highest BCUT2D eigenvalue weighted by atomic mass is 16.5. The first kappa shape index (κ1) is 22.5. The highest BCUT2D eigenvalue weighted by Crippen LogP contribution is 2.26. The summed E-state index contributed by atoms with van der Waals surface area (Å²) < 4.78 is 9.29. The quantitative estimate of drug-likeness (QED) is 0.299. The molecule has 0 bridgehead atoms. The number of hydrogen-bond acceptors (Lipinski definition) is 6. The number of aromatic nitrogens is 5. The van der Waals surface area contributed by atoms with E-state index in [0.717, 1.165) is 39.6 Å². The second-order valence-electron chi connectivity index (χ2n) is 8.25. The van der Waals surface area contributed by atoms with Crippen LogP contribution in [-0.4, -0.2) is 37.2 Å². The van der Waals surface area contributed by atoms with Gasteiger partial charge in [0, 0.05) is 53.8 Å². The number of aldehydes is 1. The Morgan fingerprint density at radius 3 is 2.63 bits per heavy atom. The van der Waals surface area contributed by atoms with Crippen LogP contribution in [0.25, 0.3) is 33.4 Å². The first-order valence-electron chi connectivity index (χ1n) is 11.5. The maximum absolute atomic E-state index is 11.3. The predicted molar refractivity (Wildman–Crippen MR) is 137 cm³/mol. The second kappa shape index (κ2) is 9.52. The molecule has 0 spiro atoms. The summed E-state index contributed by atoms with van der Waals surface area (Å²) in [6.07, 6.45) is 6.33. The van der Waals surface area contributed by atoms with Crippen molar-refractivity contribution in [2.24, 2.45) is 7.05 Å². The van der Waals surface area contributed by atoms with Crippen LogP contribution in [0.3, 0.4) is 0 Å². The van der Waals surface area contributed by atoms with E-state index in [4.69, 9.17) is 9.72 Å². The summed E-state index contributed by atoms with van der Waals surface area (Å²) in [7, 11) is 1.88. The van der Waals surface area contributed by atoms with Crippen molar-refractivity contribution in [2.75, 3.05) is 11.9 Å². The van der Waals surface area contributed by atoms with Gasteiger partial charge in [0.05, 0.1) is 11.9 Å². The van der Waals surface area contributed by atoms with E-state index in [2.05, 4.69) is 15.4 Å². The van der Waals surface area contributed by atoms with Crippen molar-refractivity contribution in [3.8, 4) is 22.5 Å². The van der Waals surface area contributed by atoms with Crippen LogP contribution in [0, 0.1) is 0 Å². The van der Waals surface area contributed by atoms with Gasteiger partial charge < -0.3 is 14.6 Å². The molecule has 0 saturated carbocycles. The van der Waals surface area contributed by atoms with E-state index in [-0.39, 0.29) is 6.23 Å². The number of fused-ring (bicyclic) bond motifs is 1. The summed E-state index contributed by atoms with van der Waals surface area (Å²) in [5.74, 6) is 1.31. The summed E-state index contributed by atoms with van der Waals surface area (Å²) >= 11 is 0. The van der Waals surface area contributed by atoms with E-state index in [0.29, 0.717) is 23.9 Å². The summed E-state index contributed by atoms with van der Waals surface area (Å²) in [5.41, 5.74) is 5.49. The number of hydrogen-bond donors (Lipinski definition) is 1. The first-order chi connectivity index (χ1) is 17.1. The minimum Gasteiger partial charge on any atom is -0.357 e. The number of carbonyl (C=O) groups is 1. The van der Waals surface area contributed by atoms with Crippen molar-refractivity contribution in [3.63, 3.8) is 0 Å². The van der Waals surface area contributed by atoms with Gasteiger partial charge in [0.1, 0.15) is 12.0 Å². The van der Waals surface area contributed by atoms with Crippen molar-refractivity contribution < 1.29 is 9.53 Å². The van der Waals surface area contributed by atoms with E-state index in [9.17, 15) is 4.79 Å². The van der Waals surface area contributed by atoms with E-state index in [1.54, 1.807) is 6.20 Å². The number of benzene rings is 2. The molecule has 3 aromatic heterocycles. The third kappa shape index (κ3) is 4.56. The fourth-order valence-corrected chi connectivity index (χ4v) is 4.07. The molecule has 1 unspecified atom stereocenters. The number of rotatable bonds is 8. The average molecular weight is 467 g/mol. The molecule has 0 amide bonds. The number of carbonyl (C=O) groups excluding carboxylic acids is 1. The van der Waals surface area contributed by atoms with Gasteiger partial charge in [-0.15, -0.1) is 0 Å². The fraction of sp³-hybridized carbons (Fsp3) is 0.185. The molecule has 5 rings (SSSR count). The van der Waals surface area contributed by atoms with E-state index in [1.165, 1.54) is 0 Å². The minimum atomic E-state index is -0.101. The summed E-state index contributed by atoms with van der Waals surface area (Å²) in [4.78, 5) is 20.4. The smallest absolute Gasteiger partial charge is 0.166 e. The van der Waals surface area contributed by atoms with Gasteiger partial charge in [0.15, 0.2) is 12.1 Å². The highest BCUT2D eigenvalue weighted by molar-refractivity contribution is 5.91. The molecule has 8 nitrogen and oxygen atoms in total. The van der Waals surface area contributed by atoms with Gasteiger partial charge in [-0.25, -0.2) is 14.6 Å². The van der Waals surface area contributed by atoms with Crippen LogP contribution in [0.15, 0.2) is 73.2 Å². The maximum Gasteiger partial charge on any atom is 0.166 e. The third-order valence-corrected chi connectivity index (χ3v) is 5.99. The molecular weight excluding hydrogens is 440 g/mol. The first-order valence-corrected chi connectivity index (χ1v) is 11.5. The van der Waals surface area contributed by atoms with Crippen LogP contribution in [-0.2, 0) is 11.8 Å². The Kier molecular flexibility index (Phi) is 6.12. The molecule has 3 heterocycles. The molecule has 5 aromatic rings. The minimum absolute atomic E-state index is 0.101. The van der Waals surface area contributed by atoms with Crippen molar-refractivity contribution in [1.82, 2.24) is 24.3 Å². The number of anilines is 2. The maximum atomic E-state index is 11.3. The number of aryl methyl sites for hydroxylation is 1. The van der Waals surface area contributed by atoms with E-state index >= 15 is 0 Å². The SMILES string of the molecule is CCOC(C)n1cc(-c2ccc(Nc3ccnc(-c4ccc5cc(C=O)n(C)c5c4)n3)cc2)cn1. The van der Waals surface area contributed by atoms with Gasteiger partial charge in [-0.3, -0.25) is 4.79 Å². The second-order valence-corrected chi connectivity index (χ2v) is 8.25. The zero-order chi connectivity index (χ0) is 24.4. The molecule has 0 aliphatic carbocycles. The molecule has 0 aliphatic heterocycles. The van der Waals surface area contributed by atoms with Crippen LogP contribution in [0.2, 0.25) is 0 Å². The lowest BCUT2D eigenvalue weighted by Gasteiger charge is -2.11. The zero-order valence-corrected chi connectivity index (χ0v) is 19.8. The Labute approximate surface area is 203 Å². The van der Waals surface area contributed by atoms with Crippen molar-refractivity contribution >= 4 is 28.7 Å². The lowest BCUT2D eigenvalue weighted by molar-refractivity contribution is 0.0160. The Hall–Kier alpha value is -4.30. The molecule has 1 atom stereocenters. The Bertz CT molecular complexity index is 1490. The van der Waals surface area contributed by atoms with Gasteiger partial charge in [0.25, 0.3) is 0 Å². The monoisotopic (exact) mass is 466 g/mol. The largest absolute Gasteiger partial charge is 0.357 e. The molecule has 0 fully saturated rings. The van der Waals surface area contributed by atoms with Crippen molar-refractivity contribution in [3.05, 3.63) is 78.9 Å².